The highest BCUT2D eigenvalue weighted by molar-refractivity contribution is 5.66. The molecule has 1 aromatic carbocycles. The van der Waals surface area contributed by atoms with Crippen LogP contribution in [0.25, 0.3) is 12.2 Å². The van der Waals surface area contributed by atoms with Gasteiger partial charge in [0.1, 0.15) is 5.76 Å². The molecule has 0 saturated carbocycles. The molecule has 2 aromatic rings. The first-order valence-electron chi connectivity index (χ1n) is 5.00. The molecule has 1 heterocycles. The first kappa shape index (κ1) is 11.1. The topological polar surface area (TPSA) is 69.2 Å². The molecule has 0 saturated heterocycles. The third-order valence-corrected chi connectivity index (χ3v) is 2.16. The third-order valence-electron chi connectivity index (χ3n) is 2.16. The Balaban J connectivity index is 2.13. The van der Waals surface area contributed by atoms with Crippen LogP contribution in [-0.2, 0) is 0 Å². The van der Waals surface area contributed by atoms with Crippen molar-refractivity contribution in [1.29, 1.82) is 0 Å². The third kappa shape index (κ3) is 2.78. The maximum atomic E-state index is 10.5. The first-order chi connectivity index (χ1) is 8.15. The summed E-state index contributed by atoms with van der Waals surface area (Å²) < 4.78 is 5.26. The van der Waals surface area contributed by atoms with Gasteiger partial charge in [0.15, 0.2) is 0 Å². The molecule has 0 unspecified atom stereocenters. The second kappa shape index (κ2) is 4.61. The second-order valence-electron chi connectivity index (χ2n) is 3.49. The molecule has 0 atom stereocenters. The summed E-state index contributed by atoms with van der Waals surface area (Å²) in [6.07, 6.45) is 5.14. The van der Waals surface area contributed by atoms with Crippen molar-refractivity contribution >= 4 is 17.8 Å². The Morgan fingerprint density at radius 2 is 2.00 bits per heavy atom. The fraction of sp³-hybridized carbons (Fsp3) is 0.0833. The summed E-state index contributed by atoms with van der Waals surface area (Å²) in [7, 11) is 0. The summed E-state index contributed by atoms with van der Waals surface area (Å²) in [5, 5.41) is 10.5. The minimum absolute atomic E-state index is 0.0779. The Morgan fingerprint density at radius 3 is 2.53 bits per heavy atom. The van der Waals surface area contributed by atoms with Gasteiger partial charge in [0.2, 0.25) is 5.89 Å². The van der Waals surface area contributed by atoms with Gasteiger partial charge in [0.05, 0.1) is 11.1 Å². The van der Waals surface area contributed by atoms with Gasteiger partial charge < -0.3 is 4.42 Å². The Labute approximate surface area is 97.6 Å². The van der Waals surface area contributed by atoms with Crippen molar-refractivity contribution in [1.82, 2.24) is 4.98 Å². The number of nitro groups is 1. The van der Waals surface area contributed by atoms with E-state index in [0.29, 0.717) is 5.89 Å². The lowest BCUT2D eigenvalue weighted by molar-refractivity contribution is -0.384. The standard InChI is InChI=1S/C12H10N2O3/c1-9-8-13-12(17-9)7-4-10-2-5-11(6-3-10)14(15)16/h2-8H,1H3/b7-4+. The smallest absolute Gasteiger partial charge is 0.269 e. The summed E-state index contributed by atoms with van der Waals surface area (Å²) >= 11 is 0. The summed E-state index contributed by atoms with van der Waals surface area (Å²) in [4.78, 5) is 14.0. The van der Waals surface area contributed by atoms with Crippen molar-refractivity contribution in [2.45, 2.75) is 6.92 Å². The number of nitro benzene ring substituents is 1. The Morgan fingerprint density at radius 1 is 1.29 bits per heavy atom. The molecular weight excluding hydrogens is 220 g/mol. The van der Waals surface area contributed by atoms with E-state index in [2.05, 4.69) is 4.98 Å². The van der Waals surface area contributed by atoms with Gasteiger partial charge in [0.25, 0.3) is 5.69 Å². The lowest BCUT2D eigenvalue weighted by Crippen LogP contribution is -1.86. The van der Waals surface area contributed by atoms with E-state index in [1.54, 1.807) is 30.5 Å². The zero-order valence-electron chi connectivity index (χ0n) is 9.16. The number of hydrogen-bond acceptors (Lipinski definition) is 4. The minimum Gasteiger partial charge on any atom is -0.442 e. The van der Waals surface area contributed by atoms with Gasteiger partial charge in [-0.2, -0.15) is 0 Å². The van der Waals surface area contributed by atoms with Crippen LogP contribution in [0, 0.1) is 17.0 Å². The van der Waals surface area contributed by atoms with Gasteiger partial charge in [-0.3, -0.25) is 10.1 Å². The lowest BCUT2D eigenvalue weighted by atomic mass is 10.2. The average molecular weight is 230 g/mol. The van der Waals surface area contributed by atoms with Crippen LogP contribution in [0.4, 0.5) is 5.69 Å². The quantitative estimate of drug-likeness (QED) is 0.600. The molecule has 0 radical (unpaired) electrons. The fourth-order valence-corrected chi connectivity index (χ4v) is 1.32. The molecule has 1 aromatic heterocycles. The average Bonchev–Trinajstić information content (AvgIpc) is 2.73. The van der Waals surface area contributed by atoms with Gasteiger partial charge >= 0.3 is 0 Å². The van der Waals surface area contributed by atoms with E-state index in [1.807, 2.05) is 6.92 Å². The largest absolute Gasteiger partial charge is 0.442 e. The number of non-ortho nitro benzene ring substituents is 1. The second-order valence-corrected chi connectivity index (χ2v) is 3.49. The number of nitrogens with zero attached hydrogens (tertiary/aromatic N) is 2. The molecule has 5 nitrogen and oxygen atoms in total. The normalized spacial score (nSPS) is 10.9. The molecule has 86 valence electrons. The number of aryl methyl sites for hydroxylation is 1. The van der Waals surface area contributed by atoms with Gasteiger partial charge in [0, 0.05) is 18.2 Å². The van der Waals surface area contributed by atoms with Gasteiger partial charge in [-0.15, -0.1) is 0 Å². The molecule has 0 bridgehead atoms. The molecule has 5 heteroatoms. The van der Waals surface area contributed by atoms with E-state index < -0.39 is 4.92 Å². The molecule has 0 amide bonds. The number of hydrogen-bond donors (Lipinski definition) is 0. The van der Waals surface area contributed by atoms with E-state index in [4.69, 9.17) is 4.42 Å². The van der Waals surface area contributed by atoms with Crippen LogP contribution in [0.3, 0.4) is 0 Å². The zero-order chi connectivity index (χ0) is 12.3. The van der Waals surface area contributed by atoms with Crippen LogP contribution in [0.15, 0.2) is 34.9 Å². The maximum Gasteiger partial charge on any atom is 0.269 e. The molecule has 0 spiro atoms. The first-order valence-corrected chi connectivity index (χ1v) is 5.00. The number of aromatic nitrogens is 1. The van der Waals surface area contributed by atoms with Gasteiger partial charge in [-0.1, -0.05) is 0 Å². The van der Waals surface area contributed by atoms with Crippen LogP contribution >= 0.6 is 0 Å². The number of oxazole rings is 1. The van der Waals surface area contributed by atoms with E-state index >= 15 is 0 Å². The Kier molecular flexibility index (Phi) is 3.00. The lowest BCUT2D eigenvalue weighted by Gasteiger charge is -1.92. The highest BCUT2D eigenvalue weighted by Gasteiger charge is 2.02. The SMILES string of the molecule is Cc1cnc(/C=C/c2ccc([N+](=O)[O-])cc2)o1. The summed E-state index contributed by atoms with van der Waals surface area (Å²) in [5.74, 6) is 1.26. The minimum atomic E-state index is -0.426. The molecule has 2 rings (SSSR count). The molecule has 17 heavy (non-hydrogen) atoms. The van der Waals surface area contributed by atoms with E-state index in [-0.39, 0.29) is 5.69 Å². The summed E-state index contributed by atoms with van der Waals surface area (Å²) in [6.45, 7) is 1.82. The molecular formula is C12H10N2O3. The van der Waals surface area contributed by atoms with Gasteiger partial charge in [-0.05, 0) is 30.7 Å². The van der Waals surface area contributed by atoms with Crippen LogP contribution < -0.4 is 0 Å². The number of rotatable bonds is 3. The summed E-state index contributed by atoms with van der Waals surface area (Å²) in [5.41, 5.74) is 0.931. The van der Waals surface area contributed by atoms with Crippen molar-refractivity contribution in [2.75, 3.05) is 0 Å². The van der Waals surface area contributed by atoms with Crippen molar-refractivity contribution in [2.24, 2.45) is 0 Å². The van der Waals surface area contributed by atoms with Crippen molar-refractivity contribution < 1.29 is 9.34 Å². The van der Waals surface area contributed by atoms with Gasteiger partial charge in [-0.25, -0.2) is 4.98 Å². The van der Waals surface area contributed by atoms with Crippen LogP contribution in [0.1, 0.15) is 17.2 Å². The monoisotopic (exact) mass is 230 g/mol. The predicted molar refractivity (Wildman–Crippen MR) is 63.3 cm³/mol. The van der Waals surface area contributed by atoms with Crippen LogP contribution in [0.5, 0.6) is 0 Å². The Hall–Kier alpha value is -2.43. The molecule has 0 aliphatic heterocycles. The highest BCUT2D eigenvalue weighted by Crippen LogP contribution is 2.14. The molecule has 0 N–H and O–H groups in total. The van der Waals surface area contributed by atoms with Crippen molar-refractivity contribution in [3.05, 3.63) is 57.8 Å². The maximum absolute atomic E-state index is 10.5. The molecule has 0 aliphatic rings. The van der Waals surface area contributed by atoms with E-state index in [1.165, 1.54) is 12.1 Å². The van der Waals surface area contributed by atoms with E-state index in [9.17, 15) is 10.1 Å². The van der Waals surface area contributed by atoms with Crippen LogP contribution in [-0.4, -0.2) is 9.91 Å². The van der Waals surface area contributed by atoms with E-state index in [0.717, 1.165) is 11.3 Å². The zero-order valence-corrected chi connectivity index (χ0v) is 9.16. The number of benzene rings is 1. The highest BCUT2D eigenvalue weighted by atomic mass is 16.6. The van der Waals surface area contributed by atoms with Crippen molar-refractivity contribution in [3.8, 4) is 0 Å². The fourth-order valence-electron chi connectivity index (χ4n) is 1.32. The van der Waals surface area contributed by atoms with Crippen LogP contribution in [0.2, 0.25) is 0 Å². The molecule has 0 aliphatic carbocycles. The van der Waals surface area contributed by atoms with Crippen molar-refractivity contribution in [3.63, 3.8) is 0 Å². The Bertz CT molecular complexity index is 555. The summed E-state index contributed by atoms with van der Waals surface area (Å²) in [6, 6.07) is 6.26. The predicted octanol–water partition coefficient (Wildman–Crippen LogP) is 3.06. The molecule has 0 fully saturated rings.